The van der Waals surface area contributed by atoms with E-state index in [-0.39, 0.29) is 0 Å². The summed E-state index contributed by atoms with van der Waals surface area (Å²) in [5.74, 6) is 15.8. The first kappa shape index (κ1) is 75.2. The molecule has 0 saturated heterocycles. The molecule has 0 spiro atoms. The highest BCUT2D eigenvalue weighted by atomic mass is 16.5. The van der Waals surface area contributed by atoms with Crippen LogP contribution in [0.2, 0.25) is 0 Å². The minimum absolute atomic E-state index is 0.514. The highest BCUT2D eigenvalue weighted by molar-refractivity contribution is 6.03. The monoisotopic (exact) mass is 1510 g/mol. The maximum atomic E-state index is 6.30. The third-order valence-corrected chi connectivity index (χ3v) is 23.2. The number of H-pyrrole nitrogens is 4. The lowest BCUT2D eigenvalue weighted by Crippen LogP contribution is -1.96. The molecule has 7 aromatic carbocycles. The fourth-order valence-corrected chi connectivity index (χ4v) is 19.1. The van der Waals surface area contributed by atoms with E-state index in [1.807, 2.05) is 12.1 Å². The third kappa shape index (κ3) is 13.4. The van der Waals surface area contributed by atoms with Crippen LogP contribution in [0.3, 0.4) is 0 Å². The van der Waals surface area contributed by atoms with E-state index in [0.717, 1.165) is 190 Å². The molecule has 570 valence electrons. The van der Waals surface area contributed by atoms with E-state index in [4.69, 9.17) is 29.4 Å². The van der Waals surface area contributed by atoms with Crippen molar-refractivity contribution in [2.75, 3.05) is 14.2 Å². The first-order chi connectivity index (χ1) is 55.8. The number of aromatic amines is 4. The predicted octanol–water partition coefficient (Wildman–Crippen LogP) is 26.0. The average Bonchev–Trinajstić information content (AvgIpc) is 1.60. The molecule has 6 aromatic heterocycles. The molecule has 0 saturated carbocycles. The van der Waals surface area contributed by atoms with Gasteiger partial charge >= 0.3 is 0 Å². The Morgan fingerprint density at radius 1 is 0.207 bits per heavy atom. The van der Waals surface area contributed by atoms with E-state index in [9.17, 15) is 0 Å². The molecular formula is C106H94N8O2. The summed E-state index contributed by atoms with van der Waals surface area (Å²) >= 11 is 0. The average molecular weight is 1510 g/mol. The fraction of sp³-hybridized carbons (Fsp3) is 0.189. The zero-order chi connectivity index (χ0) is 81.1. The summed E-state index contributed by atoms with van der Waals surface area (Å²) in [5.41, 5.74) is 49.9. The number of nitrogens with zero attached hydrogens (tertiary/aromatic N) is 4. The predicted molar refractivity (Wildman–Crippen MR) is 487 cm³/mol. The molecule has 116 heavy (non-hydrogen) atoms. The number of aryl methyl sites for hydroxylation is 18. The first-order valence-corrected chi connectivity index (χ1v) is 39.9. The molecular weight excluding hydrogens is 1420 g/mol. The summed E-state index contributed by atoms with van der Waals surface area (Å²) in [5, 5.41) is 0. The topological polar surface area (TPSA) is 133 Å². The zero-order valence-corrected chi connectivity index (χ0v) is 69.9. The first-order valence-electron chi connectivity index (χ1n) is 39.9. The van der Waals surface area contributed by atoms with E-state index >= 15 is 0 Å². The SMILES string of the molecule is COc1cc(OC)c(C#Cc2c3nc(c(-c4c(C)cc(C)cc4C)c4ccc([nH]4)c(-c4c(C)cc(C)cc4C)c4nc(c(-c5c(C)cc(C)cc5C)c5ccc2[nH]5)C=C4)C=C3)cc1C#Cc1c2nc(c(-c3c(C)cc(C)cc3C)c3ccc([nH]3)c(-c3c(C)cc(C)cc3C)c3nc(c(-c4c(C)cc(C)cc4C)c4ccc1[nH]4)C=C3)C=C2. The Hall–Kier alpha value is -13.5. The second-order valence-corrected chi connectivity index (χ2v) is 32.4. The normalized spacial score (nSPS) is 12.0. The molecule has 4 aliphatic rings. The van der Waals surface area contributed by atoms with Crippen LogP contribution in [0, 0.1) is 148 Å². The van der Waals surface area contributed by atoms with Gasteiger partial charge in [0.25, 0.3) is 0 Å². The Bertz CT molecular complexity index is 6470. The van der Waals surface area contributed by atoms with Crippen LogP contribution in [0.1, 0.15) is 168 Å². The smallest absolute Gasteiger partial charge is 0.138 e. The van der Waals surface area contributed by atoms with E-state index in [1.165, 1.54) is 55.6 Å². The molecule has 10 heteroatoms. The Labute approximate surface area is 680 Å². The maximum absolute atomic E-state index is 6.30. The molecule has 0 radical (unpaired) electrons. The molecule has 13 aromatic rings. The van der Waals surface area contributed by atoms with Crippen molar-refractivity contribution in [3.05, 3.63) is 301 Å². The van der Waals surface area contributed by atoms with Gasteiger partial charge in [-0.05, 0) is 328 Å². The summed E-state index contributed by atoms with van der Waals surface area (Å²) in [6.45, 7) is 39.4. The van der Waals surface area contributed by atoms with Gasteiger partial charge in [-0.3, -0.25) is 0 Å². The Kier molecular flexibility index (Phi) is 19.1. The summed E-state index contributed by atoms with van der Waals surface area (Å²) < 4.78 is 12.6. The number of benzene rings is 7. The molecule has 0 aliphatic carbocycles. The van der Waals surface area contributed by atoms with Crippen molar-refractivity contribution in [3.63, 3.8) is 0 Å². The van der Waals surface area contributed by atoms with Crippen LogP contribution in [0.5, 0.6) is 11.5 Å². The fourth-order valence-electron chi connectivity index (χ4n) is 19.1. The van der Waals surface area contributed by atoms with Crippen LogP contribution in [0.15, 0.2) is 133 Å². The van der Waals surface area contributed by atoms with Crippen molar-refractivity contribution in [1.29, 1.82) is 0 Å². The van der Waals surface area contributed by atoms with Crippen LogP contribution >= 0.6 is 0 Å². The summed E-state index contributed by atoms with van der Waals surface area (Å²) in [7, 11) is 3.33. The Balaban J connectivity index is 0.925. The molecule has 16 bridgehead atoms. The van der Waals surface area contributed by atoms with Gasteiger partial charge in [0.2, 0.25) is 0 Å². The number of hydrogen-bond donors (Lipinski definition) is 4. The highest BCUT2D eigenvalue weighted by Crippen LogP contribution is 2.46. The molecule has 0 atom stereocenters. The van der Waals surface area contributed by atoms with Gasteiger partial charge in [0.05, 0.1) is 93.1 Å². The van der Waals surface area contributed by atoms with E-state index in [1.54, 1.807) is 14.2 Å². The van der Waals surface area contributed by atoms with Gasteiger partial charge in [0.15, 0.2) is 0 Å². The van der Waals surface area contributed by atoms with Crippen molar-refractivity contribution < 1.29 is 9.47 Å². The Morgan fingerprint density at radius 3 is 0.595 bits per heavy atom. The lowest BCUT2D eigenvalue weighted by Gasteiger charge is -2.14. The van der Waals surface area contributed by atoms with Gasteiger partial charge in [0.1, 0.15) is 11.5 Å². The van der Waals surface area contributed by atoms with Crippen molar-refractivity contribution in [3.8, 4) is 102 Å². The zero-order valence-electron chi connectivity index (χ0n) is 69.9. The number of methoxy groups -OCH3 is 2. The number of aromatic nitrogens is 8. The Morgan fingerprint density at radius 2 is 0.388 bits per heavy atom. The van der Waals surface area contributed by atoms with Crippen LogP contribution in [0.25, 0.3) is 160 Å². The van der Waals surface area contributed by atoms with Crippen molar-refractivity contribution in [2.24, 2.45) is 0 Å². The van der Waals surface area contributed by atoms with E-state index < -0.39 is 0 Å². The molecule has 4 N–H and O–H groups in total. The van der Waals surface area contributed by atoms with Gasteiger partial charge < -0.3 is 29.4 Å². The lowest BCUT2D eigenvalue weighted by molar-refractivity contribution is 0.393. The van der Waals surface area contributed by atoms with Crippen LogP contribution in [-0.2, 0) is 0 Å². The number of rotatable bonds is 8. The van der Waals surface area contributed by atoms with Gasteiger partial charge in [0, 0.05) is 72.5 Å². The van der Waals surface area contributed by atoms with Crippen molar-refractivity contribution in [1.82, 2.24) is 39.9 Å². The van der Waals surface area contributed by atoms with E-state index in [0.29, 0.717) is 45.1 Å². The second-order valence-electron chi connectivity index (χ2n) is 32.4. The van der Waals surface area contributed by atoms with Crippen LogP contribution in [0.4, 0.5) is 0 Å². The van der Waals surface area contributed by atoms with Crippen LogP contribution in [-0.4, -0.2) is 54.1 Å². The second kappa shape index (κ2) is 29.5. The molecule has 0 fully saturated rings. The van der Waals surface area contributed by atoms with Crippen molar-refractivity contribution in [2.45, 2.75) is 125 Å². The molecule has 17 rings (SSSR count). The lowest BCUT2D eigenvalue weighted by atomic mass is 9.92. The highest BCUT2D eigenvalue weighted by Gasteiger charge is 2.27. The molecule has 10 nitrogen and oxygen atoms in total. The molecule has 0 unspecified atom stereocenters. The van der Waals surface area contributed by atoms with E-state index in [2.05, 4.69) is 338 Å². The minimum atomic E-state index is 0.514. The maximum Gasteiger partial charge on any atom is 0.138 e. The summed E-state index contributed by atoms with van der Waals surface area (Å²) in [6, 6.07) is 48.5. The van der Waals surface area contributed by atoms with Crippen LogP contribution < -0.4 is 9.47 Å². The number of ether oxygens (including phenoxy) is 2. The summed E-state index contributed by atoms with van der Waals surface area (Å²) in [6.07, 6.45) is 17.2. The van der Waals surface area contributed by atoms with Gasteiger partial charge in [-0.15, -0.1) is 0 Å². The summed E-state index contributed by atoms with van der Waals surface area (Å²) in [4.78, 5) is 38.9. The largest absolute Gasteiger partial charge is 0.495 e. The number of fused-ring (bicyclic) bond motifs is 16. The molecule has 4 aliphatic heterocycles. The quantitative estimate of drug-likeness (QED) is 0.112. The standard InChI is InChI=1S/C106H94N8O2/c1-55-41-61(7)95(62(8)42-55)101-81-29-25-77(107-81)75(78-26-30-82(108-78)102(96-63(9)43-56(2)44-64(96)10)86-34-38-90(112-86)105(89-37-33-85(101)111-89)99-69(15)49-59(5)50-70(99)16)23-21-73-53-74(94(116-20)54-93(73)115-19)22-24-76-79-27-31-83(109-79)103(97-65(11)45-57(3)46-66(97)12)87-35-39-91(113-87)106(100-71(17)51-60(6)52-72(100)18)92-40-36-88(114-92)104(84-32-28-80(76)110-84)98-67(13)47-58(4)48-68(98)14/h25-54,107,109,112,114H,1-20H3. The minimum Gasteiger partial charge on any atom is -0.495 e. The van der Waals surface area contributed by atoms with Gasteiger partial charge in [-0.2, -0.15) is 0 Å². The van der Waals surface area contributed by atoms with Gasteiger partial charge in [-0.25, -0.2) is 19.9 Å². The molecule has 10 heterocycles. The number of hydrogen-bond acceptors (Lipinski definition) is 6. The third-order valence-electron chi connectivity index (χ3n) is 23.2. The van der Waals surface area contributed by atoms with Crippen molar-refractivity contribution >= 4 is 92.7 Å². The molecule has 0 amide bonds. The number of nitrogens with one attached hydrogen (secondary N) is 4. The van der Waals surface area contributed by atoms with Gasteiger partial charge in [-0.1, -0.05) is 130 Å².